The van der Waals surface area contributed by atoms with Crippen molar-refractivity contribution in [2.75, 3.05) is 25.6 Å². The fraction of sp³-hybridized carbons (Fsp3) is 0.500. The zero-order valence-corrected chi connectivity index (χ0v) is 10.1. The highest BCUT2D eigenvalue weighted by Gasteiger charge is 2.30. The summed E-state index contributed by atoms with van der Waals surface area (Å²) in [5.41, 5.74) is 4.71. The molecule has 0 amide bonds. The molecule has 0 spiro atoms. The molecule has 0 aromatic heterocycles. The maximum Gasteiger partial charge on any atom is 0.416 e. The summed E-state index contributed by atoms with van der Waals surface area (Å²) in [6, 6.07) is 3.06. The van der Waals surface area contributed by atoms with E-state index >= 15 is 0 Å². The van der Waals surface area contributed by atoms with Gasteiger partial charge in [0.05, 0.1) is 17.9 Å². The Morgan fingerprint density at radius 1 is 1.22 bits per heavy atom. The lowest BCUT2D eigenvalue weighted by atomic mass is 10.2. The summed E-state index contributed by atoms with van der Waals surface area (Å²) in [5.74, 6) is 0.263. The summed E-state index contributed by atoms with van der Waals surface area (Å²) in [5, 5.41) is 0. The summed E-state index contributed by atoms with van der Waals surface area (Å²) in [4.78, 5) is 0. The smallest absolute Gasteiger partial charge is 0.416 e. The van der Waals surface area contributed by atoms with E-state index in [0.29, 0.717) is 26.2 Å². The summed E-state index contributed by atoms with van der Waals surface area (Å²) >= 11 is 0. The Labute approximate surface area is 104 Å². The first kappa shape index (κ1) is 14.6. The Kier molecular flexibility index (Phi) is 5.27. The van der Waals surface area contributed by atoms with Crippen molar-refractivity contribution < 1.29 is 22.6 Å². The van der Waals surface area contributed by atoms with Crippen molar-refractivity contribution in [3.8, 4) is 5.75 Å². The van der Waals surface area contributed by atoms with Crippen LogP contribution in [0.5, 0.6) is 5.75 Å². The predicted octanol–water partition coefficient (Wildman–Crippen LogP) is 3.09. The molecule has 0 aliphatic rings. The van der Waals surface area contributed by atoms with Crippen molar-refractivity contribution in [2.24, 2.45) is 0 Å². The van der Waals surface area contributed by atoms with E-state index < -0.39 is 11.7 Å². The Balaban J connectivity index is 2.53. The first-order valence-corrected chi connectivity index (χ1v) is 5.62. The van der Waals surface area contributed by atoms with Crippen LogP contribution in [0.15, 0.2) is 18.2 Å². The number of alkyl halides is 3. The third kappa shape index (κ3) is 4.44. The van der Waals surface area contributed by atoms with Crippen LogP contribution in [0.1, 0.15) is 18.9 Å². The molecule has 6 heteroatoms. The fourth-order valence-electron chi connectivity index (χ4n) is 1.34. The van der Waals surface area contributed by atoms with Crippen LogP contribution in [0.2, 0.25) is 0 Å². The van der Waals surface area contributed by atoms with E-state index in [1.165, 1.54) is 6.07 Å². The molecule has 0 saturated carbocycles. The molecule has 1 aromatic rings. The normalized spacial score (nSPS) is 11.6. The molecule has 0 unspecified atom stereocenters. The number of benzene rings is 1. The summed E-state index contributed by atoms with van der Waals surface area (Å²) in [7, 11) is 0. The number of halogens is 3. The number of nitrogen functional groups attached to an aromatic ring is 1. The average Bonchev–Trinajstić information content (AvgIpc) is 2.29. The van der Waals surface area contributed by atoms with Gasteiger partial charge >= 0.3 is 6.18 Å². The molecule has 0 bridgehead atoms. The van der Waals surface area contributed by atoms with Gasteiger partial charge in [0.1, 0.15) is 5.75 Å². The van der Waals surface area contributed by atoms with Crippen LogP contribution in [0.3, 0.4) is 0 Å². The van der Waals surface area contributed by atoms with Gasteiger partial charge in [-0.05, 0) is 25.1 Å². The number of rotatable bonds is 6. The van der Waals surface area contributed by atoms with Crippen molar-refractivity contribution in [3.63, 3.8) is 0 Å². The van der Waals surface area contributed by atoms with Gasteiger partial charge < -0.3 is 15.2 Å². The van der Waals surface area contributed by atoms with E-state index in [4.69, 9.17) is 15.2 Å². The highest BCUT2D eigenvalue weighted by Crippen LogP contribution is 2.33. The topological polar surface area (TPSA) is 44.5 Å². The minimum atomic E-state index is -4.39. The molecular weight excluding hydrogens is 247 g/mol. The van der Waals surface area contributed by atoms with Gasteiger partial charge in [0.2, 0.25) is 0 Å². The van der Waals surface area contributed by atoms with Gasteiger partial charge in [0, 0.05) is 19.6 Å². The van der Waals surface area contributed by atoms with E-state index in [1.807, 2.05) is 6.92 Å². The molecule has 2 N–H and O–H groups in total. The summed E-state index contributed by atoms with van der Waals surface area (Å²) < 4.78 is 47.5. The van der Waals surface area contributed by atoms with Gasteiger partial charge in [0.15, 0.2) is 0 Å². The highest BCUT2D eigenvalue weighted by molar-refractivity contribution is 5.54. The molecule has 102 valence electrons. The Morgan fingerprint density at radius 2 is 1.94 bits per heavy atom. The minimum absolute atomic E-state index is 0.0127. The second-order valence-corrected chi connectivity index (χ2v) is 3.65. The monoisotopic (exact) mass is 263 g/mol. The maximum atomic E-state index is 12.4. The van der Waals surface area contributed by atoms with Crippen LogP contribution in [0, 0.1) is 0 Å². The largest absolute Gasteiger partial charge is 0.491 e. The second-order valence-electron chi connectivity index (χ2n) is 3.65. The Morgan fingerprint density at radius 3 is 2.50 bits per heavy atom. The number of anilines is 1. The molecule has 0 radical (unpaired) electrons. The van der Waals surface area contributed by atoms with Crippen LogP contribution in [0.25, 0.3) is 0 Å². The van der Waals surface area contributed by atoms with Crippen LogP contribution in [-0.2, 0) is 10.9 Å². The van der Waals surface area contributed by atoms with Gasteiger partial charge in [-0.15, -0.1) is 0 Å². The lowest BCUT2D eigenvalue weighted by Gasteiger charge is -2.12. The summed E-state index contributed by atoms with van der Waals surface area (Å²) in [6.07, 6.45) is -3.73. The second kappa shape index (κ2) is 6.49. The lowest BCUT2D eigenvalue weighted by molar-refractivity contribution is -0.137. The van der Waals surface area contributed by atoms with Crippen molar-refractivity contribution in [1.29, 1.82) is 0 Å². The van der Waals surface area contributed by atoms with Crippen molar-refractivity contribution in [2.45, 2.75) is 19.5 Å². The fourth-order valence-corrected chi connectivity index (χ4v) is 1.34. The number of nitrogens with two attached hydrogens (primary N) is 1. The third-order valence-corrected chi connectivity index (χ3v) is 2.23. The van der Waals surface area contributed by atoms with E-state index in [0.717, 1.165) is 12.1 Å². The third-order valence-electron chi connectivity index (χ3n) is 2.23. The molecule has 0 fully saturated rings. The van der Waals surface area contributed by atoms with Crippen molar-refractivity contribution in [1.82, 2.24) is 0 Å². The first-order chi connectivity index (χ1) is 8.45. The van der Waals surface area contributed by atoms with Crippen LogP contribution >= 0.6 is 0 Å². The van der Waals surface area contributed by atoms with Crippen LogP contribution < -0.4 is 10.5 Å². The SMILES string of the molecule is CCOCCCOc1ccc(C(F)(F)F)cc1N. The Hall–Kier alpha value is -1.43. The minimum Gasteiger partial charge on any atom is -0.491 e. The molecule has 3 nitrogen and oxygen atoms in total. The van der Waals surface area contributed by atoms with E-state index in [2.05, 4.69) is 0 Å². The zero-order chi connectivity index (χ0) is 13.6. The van der Waals surface area contributed by atoms with Gasteiger partial charge in [0.25, 0.3) is 0 Å². The highest BCUT2D eigenvalue weighted by atomic mass is 19.4. The molecule has 18 heavy (non-hydrogen) atoms. The van der Waals surface area contributed by atoms with Gasteiger partial charge in [-0.2, -0.15) is 13.2 Å². The predicted molar refractivity (Wildman–Crippen MR) is 62.5 cm³/mol. The molecule has 0 aliphatic carbocycles. The molecule has 0 atom stereocenters. The Bertz CT molecular complexity index is 380. The molecule has 0 heterocycles. The molecular formula is C12H16F3NO2. The average molecular weight is 263 g/mol. The number of hydrogen-bond donors (Lipinski definition) is 1. The quantitative estimate of drug-likeness (QED) is 0.633. The van der Waals surface area contributed by atoms with Crippen LogP contribution in [0.4, 0.5) is 18.9 Å². The number of ether oxygens (including phenoxy) is 2. The maximum absolute atomic E-state index is 12.4. The van der Waals surface area contributed by atoms with Gasteiger partial charge in [-0.1, -0.05) is 0 Å². The molecule has 1 aromatic carbocycles. The van der Waals surface area contributed by atoms with E-state index in [1.54, 1.807) is 0 Å². The van der Waals surface area contributed by atoms with E-state index in [-0.39, 0.29) is 11.4 Å². The molecule has 1 rings (SSSR count). The summed E-state index contributed by atoms with van der Waals surface area (Å²) in [6.45, 7) is 3.42. The zero-order valence-electron chi connectivity index (χ0n) is 10.1. The standard InChI is InChI=1S/C12H16F3NO2/c1-2-17-6-3-7-18-11-5-4-9(8-10(11)16)12(13,14)15/h4-5,8H,2-3,6-7,16H2,1H3. The van der Waals surface area contributed by atoms with Crippen molar-refractivity contribution in [3.05, 3.63) is 23.8 Å². The molecule has 0 aliphatic heterocycles. The lowest BCUT2D eigenvalue weighted by Crippen LogP contribution is -2.08. The van der Waals surface area contributed by atoms with E-state index in [9.17, 15) is 13.2 Å². The first-order valence-electron chi connectivity index (χ1n) is 5.62. The number of hydrogen-bond acceptors (Lipinski definition) is 3. The van der Waals surface area contributed by atoms with Crippen LogP contribution in [-0.4, -0.2) is 19.8 Å². The van der Waals surface area contributed by atoms with Gasteiger partial charge in [-0.3, -0.25) is 0 Å². The molecule has 0 saturated heterocycles. The van der Waals surface area contributed by atoms with Crippen molar-refractivity contribution >= 4 is 5.69 Å². The van der Waals surface area contributed by atoms with Gasteiger partial charge in [-0.25, -0.2) is 0 Å².